The molecule has 1 N–H and O–H groups in total. The van der Waals surface area contributed by atoms with Crippen LogP contribution in [-0.2, 0) is 4.79 Å². The number of Topliss-reactive ketones (excluding diaryl/α,β-unsaturated/α-hetero) is 1. The van der Waals surface area contributed by atoms with Crippen molar-refractivity contribution in [1.29, 1.82) is 0 Å². The largest absolute Gasteiger partial charge is 0.310 e. The minimum absolute atomic E-state index is 0.116. The van der Waals surface area contributed by atoms with Gasteiger partial charge in [0, 0.05) is 0 Å². The third kappa shape index (κ3) is 4.23. The number of hydrogen-bond donors (Lipinski definition) is 1. The van der Waals surface area contributed by atoms with Gasteiger partial charge in [-0.15, -0.1) is 0 Å². The second-order valence-corrected chi connectivity index (χ2v) is 3.78. The number of nitrogens with one attached hydrogen (secondary N) is 1. The van der Waals surface area contributed by atoms with Gasteiger partial charge in [-0.05, 0) is 32.7 Å². The molecule has 1 fully saturated rings. The standard InChI is InChI=1S/C10H19NO.C2H6/c1-8(12)10(11-2)9-6-4-3-5-7-9;1-2/h9-11H,3-7H2,1-2H3;1-2H3. The molecule has 1 rings (SSSR count). The quantitative estimate of drug-likeness (QED) is 0.757. The second kappa shape index (κ2) is 7.98. The highest BCUT2D eigenvalue weighted by Gasteiger charge is 2.25. The second-order valence-electron chi connectivity index (χ2n) is 3.78. The fourth-order valence-corrected chi connectivity index (χ4v) is 2.24. The lowest BCUT2D eigenvalue weighted by Crippen LogP contribution is -2.40. The van der Waals surface area contributed by atoms with E-state index < -0.39 is 0 Å². The van der Waals surface area contributed by atoms with Gasteiger partial charge in [-0.25, -0.2) is 0 Å². The van der Waals surface area contributed by atoms with Gasteiger partial charge in [-0.1, -0.05) is 33.1 Å². The number of hydrogen-bond acceptors (Lipinski definition) is 2. The van der Waals surface area contributed by atoms with Crippen molar-refractivity contribution in [3.8, 4) is 0 Å². The van der Waals surface area contributed by atoms with E-state index in [4.69, 9.17) is 0 Å². The SMILES string of the molecule is CC.CNC(C(C)=O)C1CCCCC1. The molecule has 1 saturated carbocycles. The minimum Gasteiger partial charge on any atom is -0.310 e. The van der Waals surface area contributed by atoms with Crippen molar-refractivity contribution in [3.63, 3.8) is 0 Å². The normalized spacial score (nSPS) is 19.4. The highest BCUT2D eigenvalue weighted by atomic mass is 16.1. The highest BCUT2D eigenvalue weighted by molar-refractivity contribution is 5.81. The molecule has 2 nitrogen and oxygen atoms in total. The van der Waals surface area contributed by atoms with Gasteiger partial charge in [0.2, 0.25) is 0 Å². The Morgan fingerprint density at radius 3 is 2.07 bits per heavy atom. The van der Waals surface area contributed by atoms with Crippen LogP contribution in [0.5, 0.6) is 0 Å². The molecule has 0 amide bonds. The Hall–Kier alpha value is -0.370. The summed E-state index contributed by atoms with van der Waals surface area (Å²) in [6.07, 6.45) is 6.41. The van der Waals surface area contributed by atoms with Crippen LogP contribution in [0, 0.1) is 5.92 Å². The van der Waals surface area contributed by atoms with E-state index in [0.29, 0.717) is 11.7 Å². The van der Waals surface area contributed by atoms with Crippen LogP contribution in [0.2, 0.25) is 0 Å². The first-order chi connectivity index (χ1) is 6.75. The molecule has 0 saturated heterocycles. The number of ketones is 1. The average Bonchev–Trinajstić information content (AvgIpc) is 2.23. The van der Waals surface area contributed by atoms with Crippen molar-refractivity contribution in [2.24, 2.45) is 5.92 Å². The number of rotatable bonds is 3. The number of carbonyl (C=O) groups is 1. The van der Waals surface area contributed by atoms with Gasteiger partial charge >= 0.3 is 0 Å². The molecule has 84 valence electrons. The van der Waals surface area contributed by atoms with E-state index in [9.17, 15) is 4.79 Å². The van der Waals surface area contributed by atoms with Gasteiger partial charge in [0.15, 0.2) is 0 Å². The molecule has 1 unspecified atom stereocenters. The van der Waals surface area contributed by atoms with E-state index in [1.807, 2.05) is 20.9 Å². The lowest BCUT2D eigenvalue weighted by Gasteiger charge is -2.28. The molecule has 0 aromatic rings. The van der Waals surface area contributed by atoms with Gasteiger partial charge in [0.05, 0.1) is 6.04 Å². The maximum atomic E-state index is 11.2. The first kappa shape index (κ1) is 13.6. The summed E-state index contributed by atoms with van der Waals surface area (Å²) >= 11 is 0. The topological polar surface area (TPSA) is 29.1 Å². The van der Waals surface area contributed by atoms with Crippen molar-refractivity contribution in [1.82, 2.24) is 5.32 Å². The maximum absolute atomic E-state index is 11.2. The smallest absolute Gasteiger partial charge is 0.146 e. The summed E-state index contributed by atoms with van der Waals surface area (Å²) in [6, 6.07) is 0.116. The fraction of sp³-hybridized carbons (Fsp3) is 0.917. The van der Waals surface area contributed by atoms with E-state index in [1.54, 1.807) is 6.92 Å². The molecule has 0 heterocycles. The van der Waals surface area contributed by atoms with Gasteiger partial charge in [0.1, 0.15) is 5.78 Å². The van der Waals surface area contributed by atoms with E-state index in [-0.39, 0.29) is 6.04 Å². The summed E-state index contributed by atoms with van der Waals surface area (Å²) in [6.45, 7) is 5.69. The predicted molar refractivity (Wildman–Crippen MR) is 61.5 cm³/mol. The Balaban J connectivity index is 0.000000791. The van der Waals surface area contributed by atoms with Crippen molar-refractivity contribution >= 4 is 5.78 Å². The molecule has 0 spiro atoms. The summed E-state index contributed by atoms with van der Waals surface area (Å²) in [4.78, 5) is 11.2. The maximum Gasteiger partial charge on any atom is 0.146 e. The molecule has 1 aliphatic carbocycles. The monoisotopic (exact) mass is 199 g/mol. The molecule has 14 heavy (non-hydrogen) atoms. The summed E-state index contributed by atoms with van der Waals surface area (Å²) in [5.41, 5.74) is 0. The lowest BCUT2D eigenvalue weighted by atomic mass is 9.82. The van der Waals surface area contributed by atoms with Crippen LogP contribution in [0.15, 0.2) is 0 Å². The van der Waals surface area contributed by atoms with Crippen LogP contribution >= 0.6 is 0 Å². The third-order valence-corrected chi connectivity index (χ3v) is 2.87. The molecule has 0 aromatic heterocycles. The Morgan fingerprint density at radius 2 is 1.71 bits per heavy atom. The predicted octanol–water partition coefficient (Wildman–Crippen LogP) is 2.77. The lowest BCUT2D eigenvalue weighted by molar-refractivity contribution is -0.120. The zero-order valence-corrected chi connectivity index (χ0v) is 10.1. The van der Waals surface area contributed by atoms with Crippen LogP contribution in [0.25, 0.3) is 0 Å². The van der Waals surface area contributed by atoms with Crippen LogP contribution < -0.4 is 5.32 Å². The van der Waals surface area contributed by atoms with Gasteiger partial charge < -0.3 is 5.32 Å². The zero-order valence-electron chi connectivity index (χ0n) is 10.1. The van der Waals surface area contributed by atoms with E-state index >= 15 is 0 Å². The van der Waals surface area contributed by atoms with Crippen molar-refractivity contribution in [2.75, 3.05) is 7.05 Å². The Kier molecular flexibility index (Phi) is 7.77. The molecule has 2 heteroatoms. The van der Waals surface area contributed by atoms with Gasteiger partial charge in [-0.2, -0.15) is 0 Å². The average molecular weight is 199 g/mol. The van der Waals surface area contributed by atoms with E-state index in [0.717, 1.165) is 0 Å². The van der Waals surface area contributed by atoms with Crippen molar-refractivity contribution in [2.45, 2.75) is 58.9 Å². The summed E-state index contributed by atoms with van der Waals surface area (Å²) in [5, 5.41) is 3.12. The van der Waals surface area contributed by atoms with Crippen LogP contribution in [0.4, 0.5) is 0 Å². The zero-order chi connectivity index (χ0) is 11.0. The molecule has 1 atom stereocenters. The molecule has 0 aromatic carbocycles. The molecule has 0 aliphatic heterocycles. The Morgan fingerprint density at radius 1 is 1.21 bits per heavy atom. The van der Waals surface area contributed by atoms with Crippen LogP contribution in [0.1, 0.15) is 52.9 Å². The molecular formula is C12H25NO. The molecule has 1 aliphatic rings. The number of likely N-dealkylation sites (N-methyl/N-ethyl adjacent to an activating group) is 1. The van der Waals surface area contributed by atoms with E-state index in [2.05, 4.69) is 5.32 Å². The van der Waals surface area contributed by atoms with Crippen molar-refractivity contribution < 1.29 is 4.79 Å². The van der Waals surface area contributed by atoms with Crippen LogP contribution in [0.3, 0.4) is 0 Å². The Labute approximate surface area is 88.5 Å². The first-order valence-electron chi connectivity index (χ1n) is 5.93. The Bertz CT molecular complexity index is 150. The van der Waals surface area contributed by atoms with E-state index in [1.165, 1.54) is 32.1 Å². The molecule has 0 radical (unpaired) electrons. The summed E-state index contributed by atoms with van der Waals surface area (Å²) in [5.74, 6) is 0.894. The molecular weight excluding hydrogens is 174 g/mol. The van der Waals surface area contributed by atoms with Gasteiger partial charge in [0.25, 0.3) is 0 Å². The first-order valence-corrected chi connectivity index (χ1v) is 5.93. The minimum atomic E-state index is 0.116. The summed E-state index contributed by atoms with van der Waals surface area (Å²) in [7, 11) is 1.89. The fourth-order valence-electron chi connectivity index (χ4n) is 2.24. The summed E-state index contributed by atoms with van der Waals surface area (Å²) < 4.78 is 0. The van der Waals surface area contributed by atoms with Gasteiger partial charge in [-0.3, -0.25) is 4.79 Å². The molecule has 0 bridgehead atoms. The van der Waals surface area contributed by atoms with Crippen molar-refractivity contribution in [3.05, 3.63) is 0 Å². The third-order valence-electron chi connectivity index (χ3n) is 2.87. The number of carbonyl (C=O) groups excluding carboxylic acids is 1. The highest BCUT2D eigenvalue weighted by Crippen LogP contribution is 2.26. The van der Waals surface area contributed by atoms with Crippen LogP contribution in [-0.4, -0.2) is 18.9 Å².